The summed E-state index contributed by atoms with van der Waals surface area (Å²) in [5.74, 6) is -0.665. The summed E-state index contributed by atoms with van der Waals surface area (Å²) in [6.07, 6.45) is 1.77. The molecule has 0 radical (unpaired) electrons. The van der Waals surface area contributed by atoms with Gasteiger partial charge in [0, 0.05) is 29.5 Å². The average molecular weight is 365 g/mol. The summed E-state index contributed by atoms with van der Waals surface area (Å²) in [4.78, 5) is 9.24. The lowest BCUT2D eigenvalue weighted by Gasteiger charge is -2.07. The van der Waals surface area contributed by atoms with Crippen LogP contribution in [0.15, 0.2) is 83.4 Å². The second-order valence-electron chi connectivity index (χ2n) is 7.16. The minimum atomic E-state index is -0.665. The standard InChI is InChI=1S/C25H20N2O/c1-16(2)18-12-13-26-23(15-18)19-8-11-24-21(14-19)20-9-10-22(27-25(20)28-24)17-6-4-3-5-7-17/h3-16H,1-2H3/i16D. The molecule has 0 bridgehead atoms. The van der Waals surface area contributed by atoms with Crippen molar-refractivity contribution in [2.24, 2.45) is 0 Å². The Morgan fingerprint density at radius 2 is 1.68 bits per heavy atom. The van der Waals surface area contributed by atoms with Crippen LogP contribution in [0, 0.1) is 0 Å². The van der Waals surface area contributed by atoms with E-state index in [4.69, 9.17) is 10.8 Å². The van der Waals surface area contributed by atoms with Crippen molar-refractivity contribution in [3.05, 3.63) is 84.6 Å². The van der Waals surface area contributed by atoms with Crippen LogP contribution in [-0.4, -0.2) is 9.97 Å². The molecule has 136 valence electrons. The Hall–Kier alpha value is -3.46. The van der Waals surface area contributed by atoms with Crippen molar-refractivity contribution < 1.29 is 5.79 Å². The van der Waals surface area contributed by atoms with Gasteiger partial charge in [-0.2, -0.15) is 0 Å². The van der Waals surface area contributed by atoms with Gasteiger partial charge in [0.15, 0.2) is 0 Å². The molecule has 2 aromatic carbocycles. The fourth-order valence-electron chi connectivity index (χ4n) is 3.49. The van der Waals surface area contributed by atoms with Crippen LogP contribution < -0.4 is 0 Å². The highest BCUT2D eigenvalue weighted by molar-refractivity contribution is 6.05. The van der Waals surface area contributed by atoms with Crippen molar-refractivity contribution >= 4 is 22.1 Å². The van der Waals surface area contributed by atoms with E-state index in [9.17, 15) is 0 Å². The van der Waals surface area contributed by atoms with Gasteiger partial charge in [0.1, 0.15) is 5.58 Å². The number of hydrogen-bond acceptors (Lipinski definition) is 3. The Labute approximate surface area is 165 Å². The van der Waals surface area contributed by atoms with E-state index in [1.54, 1.807) is 6.20 Å². The van der Waals surface area contributed by atoms with Crippen LogP contribution >= 0.6 is 0 Å². The van der Waals surface area contributed by atoms with E-state index in [1.165, 1.54) is 0 Å². The first kappa shape index (κ1) is 15.6. The molecular formula is C25H20N2O. The zero-order valence-corrected chi connectivity index (χ0v) is 15.8. The number of fused-ring (bicyclic) bond motifs is 3. The van der Waals surface area contributed by atoms with Gasteiger partial charge in [-0.05, 0) is 53.9 Å². The first-order chi connectivity index (χ1) is 14.0. The van der Waals surface area contributed by atoms with Crippen molar-refractivity contribution in [3.8, 4) is 22.5 Å². The minimum Gasteiger partial charge on any atom is -0.438 e. The molecule has 0 spiro atoms. The Balaban J connectivity index is 1.63. The molecule has 3 nitrogen and oxygen atoms in total. The third-order valence-electron chi connectivity index (χ3n) is 5.04. The van der Waals surface area contributed by atoms with Gasteiger partial charge in [-0.15, -0.1) is 0 Å². The van der Waals surface area contributed by atoms with Crippen LogP contribution in [0.3, 0.4) is 0 Å². The maximum absolute atomic E-state index is 8.29. The first-order valence-electron chi connectivity index (χ1n) is 9.85. The first-order valence-corrected chi connectivity index (χ1v) is 9.35. The predicted molar refractivity (Wildman–Crippen MR) is 114 cm³/mol. The average Bonchev–Trinajstić information content (AvgIpc) is 3.11. The molecule has 3 aromatic heterocycles. The third kappa shape index (κ3) is 2.85. The summed E-state index contributed by atoms with van der Waals surface area (Å²) in [5, 5.41) is 2.00. The zero-order valence-electron chi connectivity index (χ0n) is 16.8. The van der Waals surface area contributed by atoms with Crippen molar-refractivity contribution in [1.29, 1.82) is 0 Å². The molecule has 3 heterocycles. The smallest absolute Gasteiger partial charge is 0.227 e. The van der Waals surface area contributed by atoms with E-state index in [-0.39, 0.29) is 0 Å². The van der Waals surface area contributed by atoms with Crippen LogP contribution in [-0.2, 0) is 0 Å². The Kier molecular flexibility index (Phi) is 3.68. The van der Waals surface area contributed by atoms with Gasteiger partial charge in [0.2, 0.25) is 5.71 Å². The second-order valence-corrected chi connectivity index (χ2v) is 7.16. The Bertz CT molecular complexity index is 1330. The highest BCUT2D eigenvalue weighted by atomic mass is 16.3. The molecule has 0 unspecified atom stereocenters. The highest BCUT2D eigenvalue weighted by Gasteiger charge is 2.12. The van der Waals surface area contributed by atoms with Crippen LogP contribution in [0.4, 0.5) is 0 Å². The van der Waals surface area contributed by atoms with Crippen molar-refractivity contribution in [1.82, 2.24) is 9.97 Å². The summed E-state index contributed by atoms with van der Waals surface area (Å²) < 4.78 is 14.3. The van der Waals surface area contributed by atoms with E-state index in [2.05, 4.69) is 17.1 Å². The number of nitrogens with zero attached hydrogens (tertiary/aromatic N) is 2. The largest absolute Gasteiger partial charge is 0.438 e. The number of rotatable bonds is 3. The van der Waals surface area contributed by atoms with Crippen LogP contribution in [0.1, 0.15) is 26.7 Å². The van der Waals surface area contributed by atoms with Gasteiger partial charge in [-0.25, -0.2) is 4.98 Å². The number of pyridine rings is 2. The summed E-state index contributed by atoms with van der Waals surface area (Å²) in [5.41, 5.74) is 6.19. The lowest BCUT2D eigenvalue weighted by atomic mass is 10.0. The van der Waals surface area contributed by atoms with Crippen molar-refractivity contribution in [3.63, 3.8) is 0 Å². The second kappa shape index (κ2) is 6.61. The quantitative estimate of drug-likeness (QED) is 0.351. The molecule has 28 heavy (non-hydrogen) atoms. The van der Waals surface area contributed by atoms with Gasteiger partial charge in [0.05, 0.1) is 11.4 Å². The molecule has 0 aliphatic rings. The van der Waals surface area contributed by atoms with E-state index in [1.807, 2.05) is 74.5 Å². The lowest BCUT2D eigenvalue weighted by molar-refractivity contribution is 0.654. The van der Waals surface area contributed by atoms with E-state index in [0.29, 0.717) is 5.71 Å². The SMILES string of the molecule is [2H]C(C)(C)c1ccnc(-c2ccc3oc4nc(-c5ccccc5)ccc4c3c2)c1. The van der Waals surface area contributed by atoms with E-state index < -0.39 is 5.89 Å². The fourth-order valence-corrected chi connectivity index (χ4v) is 3.49. The van der Waals surface area contributed by atoms with Gasteiger partial charge < -0.3 is 4.42 Å². The maximum Gasteiger partial charge on any atom is 0.227 e. The minimum absolute atomic E-state index is 0.632. The molecule has 0 amide bonds. The van der Waals surface area contributed by atoms with Gasteiger partial charge in [-0.1, -0.05) is 44.2 Å². The zero-order chi connectivity index (χ0) is 20.0. The summed E-state index contributed by atoms with van der Waals surface area (Å²) >= 11 is 0. The Morgan fingerprint density at radius 1 is 0.821 bits per heavy atom. The number of benzene rings is 2. The molecule has 0 aliphatic heterocycles. The molecule has 0 atom stereocenters. The van der Waals surface area contributed by atoms with E-state index >= 15 is 0 Å². The molecule has 0 saturated heterocycles. The molecular weight excluding hydrogens is 344 g/mol. The highest BCUT2D eigenvalue weighted by Crippen LogP contribution is 2.33. The van der Waals surface area contributed by atoms with Crippen LogP contribution in [0.2, 0.25) is 0 Å². The molecule has 0 fully saturated rings. The van der Waals surface area contributed by atoms with Gasteiger partial charge >= 0.3 is 0 Å². The molecule has 0 saturated carbocycles. The van der Waals surface area contributed by atoms with Gasteiger partial charge in [0.25, 0.3) is 0 Å². The molecule has 5 aromatic rings. The summed E-state index contributed by atoms with van der Waals surface area (Å²) in [6.45, 7) is 3.77. The number of aromatic nitrogens is 2. The predicted octanol–water partition coefficient (Wildman–Crippen LogP) is 6.83. The topological polar surface area (TPSA) is 38.9 Å². The number of hydrogen-bond donors (Lipinski definition) is 0. The van der Waals surface area contributed by atoms with Crippen LogP contribution in [0.25, 0.3) is 44.6 Å². The molecule has 0 N–H and O–H groups in total. The molecule has 3 heteroatoms. The van der Waals surface area contributed by atoms with Crippen LogP contribution in [0.5, 0.6) is 0 Å². The number of furan rings is 1. The third-order valence-corrected chi connectivity index (χ3v) is 5.04. The lowest BCUT2D eigenvalue weighted by Crippen LogP contribution is -1.90. The maximum atomic E-state index is 8.29. The van der Waals surface area contributed by atoms with Crippen molar-refractivity contribution in [2.45, 2.75) is 19.7 Å². The van der Waals surface area contributed by atoms with Crippen molar-refractivity contribution in [2.75, 3.05) is 0 Å². The summed E-state index contributed by atoms with van der Waals surface area (Å²) in [6, 6.07) is 24.1. The fraction of sp³-hybridized carbons (Fsp3) is 0.120. The molecule has 5 rings (SSSR count). The Morgan fingerprint density at radius 3 is 2.50 bits per heavy atom. The normalized spacial score (nSPS) is 12.4. The molecule has 0 aliphatic carbocycles. The monoisotopic (exact) mass is 365 g/mol. The summed E-state index contributed by atoms with van der Waals surface area (Å²) in [7, 11) is 0. The van der Waals surface area contributed by atoms with E-state index in [0.717, 1.165) is 44.4 Å². The van der Waals surface area contributed by atoms with Gasteiger partial charge in [-0.3, -0.25) is 4.98 Å².